The number of benzene rings is 2. The predicted octanol–water partition coefficient (Wildman–Crippen LogP) is 3.43. The van der Waals surface area contributed by atoms with Crippen molar-refractivity contribution in [3.8, 4) is 5.69 Å². The van der Waals surface area contributed by atoms with Crippen LogP contribution in [0.3, 0.4) is 0 Å². The number of aromatic nitrogens is 2. The number of fused-ring (bicyclic) bond motifs is 1. The number of hydrogen-bond donors (Lipinski definition) is 2. The molecule has 3 aromatic rings. The minimum atomic E-state index is -1.06. The van der Waals surface area contributed by atoms with Gasteiger partial charge in [-0.15, -0.1) is 0 Å². The first-order valence-corrected chi connectivity index (χ1v) is 7.08. The largest absolute Gasteiger partial charge is 0.478 e. The second-order valence-electron chi connectivity index (χ2n) is 4.40. The zero-order chi connectivity index (χ0) is 15.1. The molecule has 5 nitrogen and oxygen atoms in total. The number of carboxylic acids is 1. The van der Waals surface area contributed by atoms with Gasteiger partial charge in [0, 0.05) is 4.47 Å². The van der Waals surface area contributed by atoms with Gasteiger partial charge in [-0.3, -0.25) is 4.57 Å². The molecule has 0 radical (unpaired) electrons. The van der Waals surface area contributed by atoms with Crippen LogP contribution in [0.15, 0.2) is 45.7 Å². The number of aromatic amines is 1. The Morgan fingerprint density at radius 1 is 1.24 bits per heavy atom. The Hall–Kier alpha value is -2.05. The van der Waals surface area contributed by atoms with E-state index in [1.807, 2.05) is 0 Å². The van der Waals surface area contributed by atoms with Gasteiger partial charge in [-0.1, -0.05) is 27.5 Å². The summed E-state index contributed by atoms with van der Waals surface area (Å²) in [6.45, 7) is 0. The van der Waals surface area contributed by atoms with Crippen molar-refractivity contribution in [1.82, 2.24) is 9.55 Å². The predicted molar refractivity (Wildman–Crippen MR) is 83.6 cm³/mol. The van der Waals surface area contributed by atoms with Gasteiger partial charge in [0.1, 0.15) is 0 Å². The number of H-pyrrole nitrogens is 1. The van der Waals surface area contributed by atoms with Crippen molar-refractivity contribution in [3.63, 3.8) is 0 Å². The summed E-state index contributed by atoms with van der Waals surface area (Å²) in [6, 6.07) is 9.55. The Morgan fingerprint density at radius 3 is 2.71 bits per heavy atom. The molecule has 0 amide bonds. The number of aromatic carboxylic acids is 1. The summed E-state index contributed by atoms with van der Waals surface area (Å²) in [4.78, 5) is 25.9. The minimum absolute atomic E-state index is 0.0985. The molecule has 0 saturated carbocycles. The average Bonchev–Trinajstić information content (AvgIpc) is 2.76. The van der Waals surface area contributed by atoms with E-state index >= 15 is 0 Å². The van der Waals surface area contributed by atoms with Gasteiger partial charge < -0.3 is 10.1 Å². The smallest absolute Gasteiger partial charge is 0.335 e. The minimum Gasteiger partial charge on any atom is -0.478 e. The van der Waals surface area contributed by atoms with Crippen molar-refractivity contribution in [2.45, 2.75) is 0 Å². The molecule has 7 heteroatoms. The van der Waals surface area contributed by atoms with Crippen LogP contribution in [0.2, 0.25) is 5.02 Å². The maximum atomic E-state index is 12.2. The lowest BCUT2D eigenvalue weighted by atomic mass is 10.2. The van der Waals surface area contributed by atoms with Crippen LogP contribution in [0.5, 0.6) is 0 Å². The van der Waals surface area contributed by atoms with Crippen LogP contribution in [0.1, 0.15) is 10.4 Å². The molecule has 3 rings (SSSR count). The van der Waals surface area contributed by atoms with E-state index in [9.17, 15) is 9.59 Å². The van der Waals surface area contributed by atoms with Crippen LogP contribution in [-0.2, 0) is 0 Å². The van der Waals surface area contributed by atoms with Crippen molar-refractivity contribution in [1.29, 1.82) is 0 Å². The van der Waals surface area contributed by atoms with Gasteiger partial charge >= 0.3 is 11.7 Å². The Bertz CT molecular complexity index is 930. The molecule has 0 aliphatic rings. The number of nitrogens with zero attached hydrogens (tertiary/aromatic N) is 1. The van der Waals surface area contributed by atoms with Crippen molar-refractivity contribution in [2.75, 3.05) is 0 Å². The summed E-state index contributed by atoms with van der Waals surface area (Å²) in [7, 11) is 0. The summed E-state index contributed by atoms with van der Waals surface area (Å²) in [6.07, 6.45) is 0. The van der Waals surface area contributed by atoms with Crippen molar-refractivity contribution in [3.05, 3.63) is 61.9 Å². The van der Waals surface area contributed by atoms with E-state index in [-0.39, 0.29) is 11.3 Å². The topological polar surface area (TPSA) is 75.1 Å². The molecule has 0 spiro atoms. The fraction of sp³-hybridized carbons (Fsp3) is 0. The Balaban J connectivity index is 2.38. The highest BCUT2D eigenvalue weighted by Crippen LogP contribution is 2.26. The number of rotatable bonds is 2. The van der Waals surface area contributed by atoms with Gasteiger partial charge in [0.05, 0.1) is 27.3 Å². The molecule has 2 aromatic carbocycles. The van der Waals surface area contributed by atoms with Gasteiger partial charge in [0.15, 0.2) is 0 Å². The molecular weight excluding hydrogens is 360 g/mol. The summed E-state index contributed by atoms with van der Waals surface area (Å²) in [5, 5.41) is 9.47. The first-order valence-electron chi connectivity index (χ1n) is 5.91. The zero-order valence-corrected chi connectivity index (χ0v) is 12.8. The monoisotopic (exact) mass is 366 g/mol. The van der Waals surface area contributed by atoms with E-state index in [2.05, 4.69) is 20.9 Å². The molecule has 1 heterocycles. The Kier molecular flexibility index (Phi) is 3.35. The highest BCUT2D eigenvalue weighted by molar-refractivity contribution is 9.10. The molecule has 0 unspecified atom stereocenters. The Labute approximate surface area is 131 Å². The fourth-order valence-corrected chi connectivity index (χ4v) is 2.68. The molecule has 21 heavy (non-hydrogen) atoms. The van der Waals surface area contributed by atoms with Crippen molar-refractivity contribution in [2.24, 2.45) is 0 Å². The quantitative estimate of drug-likeness (QED) is 0.728. The van der Waals surface area contributed by atoms with E-state index in [1.54, 1.807) is 24.3 Å². The van der Waals surface area contributed by atoms with Crippen molar-refractivity contribution < 1.29 is 9.90 Å². The molecule has 2 N–H and O–H groups in total. The van der Waals surface area contributed by atoms with E-state index in [1.165, 1.54) is 16.7 Å². The number of hydrogen-bond acceptors (Lipinski definition) is 2. The third-order valence-electron chi connectivity index (χ3n) is 3.08. The summed E-state index contributed by atoms with van der Waals surface area (Å²) in [5.74, 6) is -1.06. The molecule has 0 aliphatic carbocycles. The number of carboxylic acid groups (broad SMARTS) is 1. The number of nitrogens with one attached hydrogen (secondary N) is 1. The standard InChI is InChI=1S/C14H8BrClN2O3/c15-8-2-3-9(16)11(6-8)18-12-5-7(13(19)20)1-4-10(12)17-14(18)21/h1-6H,(H,17,21)(H,19,20). The molecular formula is C14H8BrClN2O3. The molecule has 0 atom stereocenters. The SMILES string of the molecule is O=C(O)c1ccc2[nH]c(=O)n(-c3cc(Br)ccc3Cl)c2c1. The third kappa shape index (κ3) is 2.36. The van der Waals surface area contributed by atoms with Crippen LogP contribution in [0.4, 0.5) is 0 Å². The number of halogens is 2. The highest BCUT2D eigenvalue weighted by atomic mass is 79.9. The van der Waals surface area contributed by atoms with Crippen LogP contribution in [-0.4, -0.2) is 20.6 Å². The van der Waals surface area contributed by atoms with Gasteiger partial charge in [-0.05, 0) is 36.4 Å². The van der Waals surface area contributed by atoms with E-state index in [0.29, 0.717) is 21.7 Å². The summed E-state index contributed by atoms with van der Waals surface area (Å²) >= 11 is 9.48. The van der Waals surface area contributed by atoms with E-state index in [0.717, 1.165) is 4.47 Å². The summed E-state index contributed by atoms with van der Waals surface area (Å²) in [5.41, 5.74) is 1.19. The number of imidazole rings is 1. The molecule has 0 saturated heterocycles. The lowest BCUT2D eigenvalue weighted by molar-refractivity contribution is 0.0697. The van der Waals surface area contributed by atoms with Gasteiger partial charge in [0.2, 0.25) is 0 Å². The van der Waals surface area contributed by atoms with Crippen LogP contribution in [0, 0.1) is 0 Å². The van der Waals surface area contributed by atoms with Crippen LogP contribution in [0.25, 0.3) is 16.7 Å². The van der Waals surface area contributed by atoms with E-state index in [4.69, 9.17) is 16.7 Å². The molecule has 1 aromatic heterocycles. The Morgan fingerprint density at radius 2 is 2.00 bits per heavy atom. The maximum absolute atomic E-state index is 12.2. The van der Waals surface area contributed by atoms with Crippen LogP contribution >= 0.6 is 27.5 Å². The number of carbonyl (C=O) groups is 1. The lowest BCUT2D eigenvalue weighted by Crippen LogP contribution is -2.15. The molecule has 0 aliphatic heterocycles. The second-order valence-corrected chi connectivity index (χ2v) is 5.72. The second kappa shape index (κ2) is 5.05. The zero-order valence-electron chi connectivity index (χ0n) is 10.4. The molecule has 0 fully saturated rings. The average molecular weight is 368 g/mol. The molecule has 0 bridgehead atoms. The normalized spacial score (nSPS) is 11.0. The molecule has 106 valence electrons. The van der Waals surface area contributed by atoms with E-state index < -0.39 is 5.97 Å². The third-order valence-corrected chi connectivity index (χ3v) is 3.89. The first-order chi connectivity index (χ1) is 9.97. The van der Waals surface area contributed by atoms with Gasteiger partial charge in [-0.2, -0.15) is 0 Å². The summed E-state index contributed by atoms with van der Waals surface area (Å²) < 4.78 is 2.12. The fourth-order valence-electron chi connectivity index (χ4n) is 2.13. The first kappa shape index (κ1) is 13.9. The lowest BCUT2D eigenvalue weighted by Gasteiger charge is -2.07. The van der Waals surface area contributed by atoms with Gasteiger partial charge in [-0.25, -0.2) is 9.59 Å². The van der Waals surface area contributed by atoms with Crippen LogP contribution < -0.4 is 5.69 Å². The highest BCUT2D eigenvalue weighted by Gasteiger charge is 2.14. The maximum Gasteiger partial charge on any atom is 0.335 e. The van der Waals surface area contributed by atoms with Crippen molar-refractivity contribution >= 4 is 44.5 Å². The van der Waals surface area contributed by atoms with Gasteiger partial charge in [0.25, 0.3) is 0 Å².